The SMILES string of the molecule is Cc1ccc(C(CN)N(C)CC(F)(F)F)o1. The van der Waals surface area contributed by atoms with Crippen LogP contribution in [0.1, 0.15) is 17.6 Å². The molecule has 16 heavy (non-hydrogen) atoms. The molecule has 0 aromatic carbocycles. The highest BCUT2D eigenvalue weighted by Gasteiger charge is 2.32. The lowest BCUT2D eigenvalue weighted by Gasteiger charge is -2.26. The van der Waals surface area contributed by atoms with Gasteiger partial charge in [-0.1, -0.05) is 0 Å². The Morgan fingerprint density at radius 1 is 1.44 bits per heavy atom. The third kappa shape index (κ3) is 3.53. The molecule has 0 aliphatic heterocycles. The summed E-state index contributed by atoms with van der Waals surface area (Å²) < 4.78 is 41.9. The highest BCUT2D eigenvalue weighted by Crippen LogP contribution is 2.24. The summed E-state index contributed by atoms with van der Waals surface area (Å²) in [4.78, 5) is 1.14. The number of likely N-dealkylation sites (N-methyl/N-ethyl adjacent to an activating group) is 1. The minimum Gasteiger partial charge on any atom is -0.465 e. The van der Waals surface area contributed by atoms with Crippen LogP contribution >= 0.6 is 0 Å². The van der Waals surface area contributed by atoms with E-state index in [0.717, 1.165) is 4.90 Å². The Kier molecular flexibility index (Phi) is 3.98. The van der Waals surface area contributed by atoms with E-state index in [1.165, 1.54) is 7.05 Å². The second kappa shape index (κ2) is 4.88. The highest BCUT2D eigenvalue weighted by atomic mass is 19.4. The quantitative estimate of drug-likeness (QED) is 0.870. The van der Waals surface area contributed by atoms with E-state index in [4.69, 9.17) is 10.2 Å². The molecule has 0 spiro atoms. The first-order valence-electron chi connectivity index (χ1n) is 4.87. The molecule has 1 atom stereocenters. The Morgan fingerprint density at radius 2 is 2.06 bits per heavy atom. The molecule has 1 aromatic rings. The van der Waals surface area contributed by atoms with E-state index in [1.54, 1.807) is 19.1 Å². The Labute approximate surface area is 92.0 Å². The summed E-state index contributed by atoms with van der Waals surface area (Å²) in [5.41, 5.74) is 5.46. The molecule has 0 radical (unpaired) electrons. The molecular weight excluding hydrogens is 221 g/mol. The van der Waals surface area contributed by atoms with Crippen molar-refractivity contribution in [2.75, 3.05) is 20.1 Å². The van der Waals surface area contributed by atoms with Gasteiger partial charge in [0.25, 0.3) is 0 Å². The van der Waals surface area contributed by atoms with Crippen molar-refractivity contribution in [1.82, 2.24) is 4.90 Å². The van der Waals surface area contributed by atoms with Gasteiger partial charge in [-0.25, -0.2) is 0 Å². The number of furan rings is 1. The summed E-state index contributed by atoms with van der Waals surface area (Å²) in [6, 6.07) is 2.81. The first-order chi connectivity index (χ1) is 7.33. The standard InChI is InChI=1S/C10H15F3N2O/c1-7-3-4-9(16-7)8(5-14)15(2)6-10(11,12)13/h3-4,8H,5-6,14H2,1-2H3. The topological polar surface area (TPSA) is 42.4 Å². The van der Waals surface area contributed by atoms with Gasteiger partial charge in [0.1, 0.15) is 11.5 Å². The maximum absolute atomic E-state index is 12.2. The van der Waals surface area contributed by atoms with Crippen molar-refractivity contribution in [3.8, 4) is 0 Å². The number of halogens is 3. The molecule has 3 nitrogen and oxygen atoms in total. The molecule has 1 rings (SSSR count). The van der Waals surface area contributed by atoms with Gasteiger partial charge in [0.05, 0.1) is 12.6 Å². The predicted octanol–water partition coefficient (Wildman–Crippen LogP) is 2.08. The smallest absolute Gasteiger partial charge is 0.401 e. The average molecular weight is 236 g/mol. The van der Waals surface area contributed by atoms with Crippen molar-refractivity contribution in [1.29, 1.82) is 0 Å². The van der Waals surface area contributed by atoms with Gasteiger partial charge in [-0.2, -0.15) is 13.2 Å². The van der Waals surface area contributed by atoms with E-state index in [-0.39, 0.29) is 6.54 Å². The van der Waals surface area contributed by atoms with Gasteiger partial charge in [0, 0.05) is 6.54 Å². The van der Waals surface area contributed by atoms with Gasteiger partial charge in [-0.3, -0.25) is 4.90 Å². The molecule has 1 aromatic heterocycles. The van der Waals surface area contributed by atoms with Crippen molar-refractivity contribution >= 4 is 0 Å². The molecule has 0 saturated carbocycles. The van der Waals surface area contributed by atoms with E-state index in [1.807, 2.05) is 0 Å². The molecule has 0 amide bonds. The summed E-state index contributed by atoms with van der Waals surface area (Å²) >= 11 is 0. The van der Waals surface area contributed by atoms with Crippen LogP contribution in [0.3, 0.4) is 0 Å². The molecule has 92 valence electrons. The van der Waals surface area contributed by atoms with Crippen molar-refractivity contribution in [2.45, 2.75) is 19.1 Å². The van der Waals surface area contributed by atoms with Gasteiger partial charge in [-0.15, -0.1) is 0 Å². The number of alkyl halides is 3. The first-order valence-corrected chi connectivity index (χ1v) is 4.87. The molecule has 6 heteroatoms. The van der Waals surface area contributed by atoms with Crippen molar-refractivity contribution in [3.63, 3.8) is 0 Å². The van der Waals surface area contributed by atoms with E-state index >= 15 is 0 Å². The van der Waals surface area contributed by atoms with E-state index < -0.39 is 18.8 Å². The fraction of sp³-hybridized carbons (Fsp3) is 0.600. The molecular formula is C10H15F3N2O. The Bertz CT molecular complexity index is 335. The largest absolute Gasteiger partial charge is 0.465 e. The van der Waals surface area contributed by atoms with E-state index in [0.29, 0.717) is 11.5 Å². The first kappa shape index (κ1) is 13.1. The predicted molar refractivity (Wildman–Crippen MR) is 53.9 cm³/mol. The third-order valence-corrected chi connectivity index (χ3v) is 2.27. The van der Waals surface area contributed by atoms with Crippen molar-refractivity contribution in [2.24, 2.45) is 5.73 Å². The van der Waals surface area contributed by atoms with Crippen molar-refractivity contribution < 1.29 is 17.6 Å². The molecule has 0 fully saturated rings. The molecule has 0 saturated heterocycles. The number of hydrogen-bond acceptors (Lipinski definition) is 3. The third-order valence-electron chi connectivity index (χ3n) is 2.27. The van der Waals surface area contributed by atoms with E-state index in [2.05, 4.69) is 0 Å². The lowest BCUT2D eigenvalue weighted by molar-refractivity contribution is -0.147. The normalized spacial score (nSPS) is 14.4. The minimum atomic E-state index is -4.23. The monoisotopic (exact) mass is 236 g/mol. The van der Waals surface area contributed by atoms with E-state index in [9.17, 15) is 13.2 Å². The zero-order valence-corrected chi connectivity index (χ0v) is 9.21. The van der Waals surface area contributed by atoms with Crippen LogP contribution in [-0.4, -0.2) is 31.2 Å². The Morgan fingerprint density at radius 3 is 2.44 bits per heavy atom. The van der Waals surface area contributed by atoms with Crippen LogP contribution in [0, 0.1) is 6.92 Å². The summed E-state index contributed by atoms with van der Waals surface area (Å²) in [7, 11) is 1.38. The maximum atomic E-state index is 12.2. The van der Waals surface area contributed by atoms with Crippen LogP contribution in [-0.2, 0) is 0 Å². The van der Waals surface area contributed by atoms with Crippen molar-refractivity contribution in [3.05, 3.63) is 23.7 Å². The number of aryl methyl sites for hydroxylation is 1. The average Bonchev–Trinajstić information content (AvgIpc) is 2.49. The fourth-order valence-electron chi connectivity index (χ4n) is 1.54. The lowest BCUT2D eigenvalue weighted by atomic mass is 10.2. The van der Waals surface area contributed by atoms with Crippen LogP contribution < -0.4 is 5.73 Å². The summed E-state index contributed by atoms with van der Waals surface area (Å²) in [6.45, 7) is 0.814. The molecule has 1 unspecified atom stereocenters. The molecule has 2 N–H and O–H groups in total. The van der Waals surface area contributed by atoms with Crippen LogP contribution in [0.25, 0.3) is 0 Å². The second-order valence-corrected chi connectivity index (χ2v) is 3.73. The molecule has 0 bridgehead atoms. The van der Waals surface area contributed by atoms with Gasteiger partial charge in [0.2, 0.25) is 0 Å². The minimum absolute atomic E-state index is 0.0829. The molecule has 0 aliphatic carbocycles. The number of nitrogens with two attached hydrogens (primary N) is 1. The van der Waals surface area contributed by atoms with Crippen LogP contribution in [0.4, 0.5) is 13.2 Å². The van der Waals surface area contributed by atoms with Crippen LogP contribution in [0.5, 0.6) is 0 Å². The van der Waals surface area contributed by atoms with Crippen LogP contribution in [0.2, 0.25) is 0 Å². The van der Waals surface area contributed by atoms with Gasteiger partial charge in [0.15, 0.2) is 0 Å². The van der Waals surface area contributed by atoms with Gasteiger partial charge < -0.3 is 10.2 Å². The Balaban J connectivity index is 2.74. The summed E-state index contributed by atoms with van der Waals surface area (Å²) in [6.07, 6.45) is -4.23. The zero-order chi connectivity index (χ0) is 12.3. The molecule has 0 aliphatic rings. The van der Waals surface area contributed by atoms with Gasteiger partial charge >= 0.3 is 6.18 Å². The maximum Gasteiger partial charge on any atom is 0.401 e. The molecule has 1 heterocycles. The highest BCUT2D eigenvalue weighted by molar-refractivity contribution is 5.10. The second-order valence-electron chi connectivity index (χ2n) is 3.73. The zero-order valence-electron chi connectivity index (χ0n) is 9.21. The fourth-order valence-corrected chi connectivity index (χ4v) is 1.54. The Hall–Kier alpha value is -1.01. The van der Waals surface area contributed by atoms with Crippen LogP contribution in [0.15, 0.2) is 16.5 Å². The summed E-state index contributed by atoms with van der Waals surface area (Å²) in [5.74, 6) is 1.13. The number of nitrogens with zero attached hydrogens (tertiary/aromatic N) is 1. The number of hydrogen-bond donors (Lipinski definition) is 1. The lowest BCUT2D eigenvalue weighted by Crippen LogP contribution is -2.37. The number of rotatable bonds is 4. The summed E-state index contributed by atoms with van der Waals surface area (Å²) in [5, 5.41) is 0. The van der Waals surface area contributed by atoms with Gasteiger partial charge in [-0.05, 0) is 26.1 Å².